The number of hydrogen-bond donors (Lipinski definition) is 3. The van der Waals surface area contributed by atoms with Gasteiger partial charge in [0.05, 0.1) is 12.2 Å². The molecule has 0 spiro atoms. The summed E-state index contributed by atoms with van der Waals surface area (Å²) in [6.45, 7) is 4.56. The van der Waals surface area contributed by atoms with Crippen molar-refractivity contribution < 1.29 is 28.2 Å². The smallest absolute Gasteiger partial charge is 0.412 e. The van der Waals surface area contributed by atoms with Crippen LogP contribution in [0.4, 0.5) is 19.3 Å². The van der Waals surface area contributed by atoms with Gasteiger partial charge in [-0.15, -0.1) is 0 Å². The molecule has 3 N–H and O–H groups in total. The Kier molecular flexibility index (Phi) is 5.81. The van der Waals surface area contributed by atoms with Gasteiger partial charge in [-0.1, -0.05) is 0 Å². The summed E-state index contributed by atoms with van der Waals surface area (Å²) in [5.41, 5.74) is -0.540. The lowest BCUT2D eigenvalue weighted by atomic mass is 10.1. The maximum absolute atomic E-state index is 13.3. The van der Waals surface area contributed by atoms with Crippen LogP contribution in [0.15, 0.2) is 12.1 Å². The molecule has 0 aliphatic heterocycles. The van der Waals surface area contributed by atoms with Crippen molar-refractivity contribution in [3.63, 3.8) is 0 Å². The van der Waals surface area contributed by atoms with Crippen LogP contribution >= 0.6 is 0 Å². The van der Waals surface area contributed by atoms with Crippen molar-refractivity contribution in [2.75, 3.05) is 11.9 Å². The highest BCUT2D eigenvalue weighted by atomic mass is 19.2. The van der Waals surface area contributed by atoms with Crippen molar-refractivity contribution in [2.24, 2.45) is 0 Å². The summed E-state index contributed by atoms with van der Waals surface area (Å²) >= 11 is 0. The first-order valence-corrected chi connectivity index (χ1v) is 6.49. The SMILES string of the molecule is CC(C)(C)OC(=O)Nc1cc(F)c(F)cc1CNCC(=O)O. The van der Waals surface area contributed by atoms with E-state index in [4.69, 9.17) is 9.84 Å². The topological polar surface area (TPSA) is 87.7 Å². The van der Waals surface area contributed by atoms with E-state index in [1.165, 1.54) is 0 Å². The summed E-state index contributed by atoms with van der Waals surface area (Å²) in [7, 11) is 0. The second kappa shape index (κ2) is 7.17. The van der Waals surface area contributed by atoms with Gasteiger partial charge in [-0.2, -0.15) is 0 Å². The van der Waals surface area contributed by atoms with E-state index in [1.807, 2.05) is 0 Å². The lowest BCUT2D eigenvalue weighted by Gasteiger charge is -2.20. The van der Waals surface area contributed by atoms with Crippen LogP contribution in [-0.2, 0) is 16.1 Å². The van der Waals surface area contributed by atoms with Crippen LogP contribution in [0.2, 0.25) is 0 Å². The summed E-state index contributed by atoms with van der Waals surface area (Å²) in [4.78, 5) is 22.1. The van der Waals surface area contributed by atoms with Crippen molar-refractivity contribution >= 4 is 17.7 Å². The molecule has 22 heavy (non-hydrogen) atoms. The van der Waals surface area contributed by atoms with E-state index in [-0.39, 0.29) is 24.3 Å². The Morgan fingerprint density at radius 1 is 1.23 bits per heavy atom. The van der Waals surface area contributed by atoms with Crippen LogP contribution in [0.5, 0.6) is 0 Å². The maximum Gasteiger partial charge on any atom is 0.412 e. The van der Waals surface area contributed by atoms with Gasteiger partial charge in [-0.3, -0.25) is 10.1 Å². The molecule has 1 amide bonds. The summed E-state index contributed by atoms with van der Waals surface area (Å²) in [5, 5.41) is 13.4. The minimum Gasteiger partial charge on any atom is -0.480 e. The molecule has 1 aromatic carbocycles. The zero-order chi connectivity index (χ0) is 16.9. The van der Waals surface area contributed by atoms with E-state index in [2.05, 4.69) is 10.6 Å². The van der Waals surface area contributed by atoms with E-state index in [1.54, 1.807) is 20.8 Å². The molecule has 6 nitrogen and oxygen atoms in total. The molecule has 0 aliphatic carbocycles. The van der Waals surface area contributed by atoms with Gasteiger partial charge >= 0.3 is 12.1 Å². The molecule has 0 bridgehead atoms. The van der Waals surface area contributed by atoms with Crippen molar-refractivity contribution in [3.8, 4) is 0 Å². The number of anilines is 1. The number of rotatable bonds is 5. The highest BCUT2D eigenvalue weighted by Crippen LogP contribution is 2.21. The molecule has 1 rings (SSSR count). The Bertz CT molecular complexity index is 571. The van der Waals surface area contributed by atoms with E-state index in [0.717, 1.165) is 12.1 Å². The number of aliphatic carboxylic acids is 1. The maximum atomic E-state index is 13.3. The molecular weight excluding hydrogens is 298 g/mol. The Morgan fingerprint density at radius 3 is 2.36 bits per heavy atom. The number of ether oxygens (including phenoxy) is 1. The molecule has 122 valence electrons. The van der Waals surface area contributed by atoms with E-state index in [0.29, 0.717) is 0 Å². The van der Waals surface area contributed by atoms with Gasteiger partial charge in [-0.05, 0) is 32.4 Å². The standard InChI is InChI=1S/C14H18F2N2O4/c1-14(2,3)22-13(21)18-11-5-10(16)9(15)4-8(11)6-17-7-12(19)20/h4-5,17H,6-7H2,1-3H3,(H,18,21)(H,19,20). The third-order valence-corrected chi connectivity index (χ3v) is 2.37. The summed E-state index contributed by atoms with van der Waals surface area (Å²) in [5.74, 6) is -3.32. The molecule has 0 aromatic heterocycles. The predicted molar refractivity (Wildman–Crippen MR) is 75.6 cm³/mol. The van der Waals surface area contributed by atoms with Crippen LogP contribution in [0, 0.1) is 11.6 Å². The molecule has 1 aromatic rings. The monoisotopic (exact) mass is 316 g/mol. The molecule has 0 saturated carbocycles. The first-order valence-electron chi connectivity index (χ1n) is 6.49. The van der Waals surface area contributed by atoms with Crippen molar-refractivity contribution in [1.29, 1.82) is 0 Å². The fourth-order valence-corrected chi connectivity index (χ4v) is 1.57. The van der Waals surface area contributed by atoms with E-state index >= 15 is 0 Å². The molecule has 0 saturated heterocycles. The third-order valence-electron chi connectivity index (χ3n) is 2.37. The highest BCUT2D eigenvalue weighted by molar-refractivity contribution is 5.86. The minimum atomic E-state index is -1.13. The zero-order valence-electron chi connectivity index (χ0n) is 12.5. The predicted octanol–water partition coefficient (Wildman–Crippen LogP) is 2.49. The van der Waals surface area contributed by atoms with Crippen LogP contribution in [0.1, 0.15) is 26.3 Å². The van der Waals surface area contributed by atoms with Crippen LogP contribution in [0.25, 0.3) is 0 Å². The molecule has 0 fully saturated rings. The number of carbonyl (C=O) groups is 2. The normalized spacial score (nSPS) is 11.1. The van der Waals surface area contributed by atoms with Gasteiger partial charge in [0.1, 0.15) is 5.60 Å². The van der Waals surface area contributed by atoms with Crippen molar-refractivity contribution in [2.45, 2.75) is 32.9 Å². The number of carbonyl (C=O) groups excluding carboxylic acids is 1. The number of nitrogens with one attached hydrogen (secondary N) is 2. The largest absolute Gasteiger partial charge is 0.480 e. The first kappa shape index (κ1) is 17.8. The zero-order valence-corrected chi connectivity index (χ0v) is 12.5. The lowest BCUT2D eigenvalue weighted by Crippen LogP contribution is -2.28. The van der Waals surface area contributed by atoms with Crippen LogP contribution in [-0.4, -0.2) is 29.3 Å². The third kappa shape index (κ3) is 6.04. The van der Waals surface area contributed by atoms with Gasteiger partial charge in [0.25, 0.3) is 0 Å². The number of carboxylic acid groups (broad SMARTS) is 1. The lowest BCUT2D eigenvalue weighted by molar-refractivity contribution is -0.136. The van der Waals surface area contributed by atoms with Crippen molar-refractivity contribution in [3.05, 3.63) is 29.3 Å². The van der Waals surface area contributed by atoms with Crippen LogP contribution in [0.3, 0.4) is 0 Å². The quantitative estimate of drug-likeness (QED) is 0.777. The summed E-state index contributed by atoms with van der Waals surface area (Å²) < 4.78 is 31.6. The van der Waals surface area contributed by atoms with E-state index in [9.17, 15) is 18.4 Å². The molecule has 0 heterocycles. The Labute approximate surface area is 126 Å². The fourth-order valence-electron chi connectivity index (χ4n) is 1.57. The van der Waals surface area contributed by atoms with Crippen molar-refractivity contribution in [1.82, 2.24) is 5.32 Å². The highest BCUT2D eigenvalue weighted by Gasteiger charge is 2.18. The Balaban J connectivity index is 2.89. The molecular formula is C14H18F2N2O4. The number of amides is 1. The molecule has 0 atom stereocenters. The Hall–Kier alpha value is -2.22. The van der Waals surface area contributed by atoms with Gasteiger partial charge < -0.3 is 15.2 Å². The molecule has 8 heteroatoms. The Morgan fingerprint density at radius 2 is 1.82 bits per heavy atom. The van der Waals surface area contributed by atoms with Crippen LogP contribution < -0.4 is 10.6 Å². The van der Waals surface area contributed by atoms with Gasteiger partial charge in [0, 0.05) is 12.6 Å². The fraction of sp³-hybridized carbons (Fsp3) is 0.429. The van der Waals surface area contributed by atoms with Gasteiger partial charge in [0.2, 0.25) is 0 Å². The average Bonchev–Trinajstić information content (AvgIpc) is 2.32. The first-order chi connectivity index (χ1) is 10.1. The average molecular weight is 316 g/mol. The molecule has 0 unspecified atom stereocenters. The number of hydrogen-bond acceptors (Lipinski definition) is 4. The second-order valence-electron chi connectivity index (χ2n) is 5.55. The number of benzene rings is 1. The number of halogens is 2. The summed E-state index contributed by atoms with van der Waals surface area (Å²) in [6.07, 6.45) is -0.821. The van der Waals surface area contributed by atoms with Gasteiger partial charge in [0.15, 0.2) is 11.6 Å². The van der Waals surface area contributed by atoms with E-state index < -0.39 is 29.3 Å². The van der Waals surface area contributed by atoms with Gasteiger partial charge in [-0.25, -0.2) is 13.6 Å². The summed E-state index contributed by atoms with van der Waals surface area (Å²) in [6, 6.07) is 1.70. The molecule has 0 aliphatic rings. The molecule has 0 radical (unpaired) electrons. The number of carboxylic acids is 1. The second-order valence-corrected chi connectivity index (χ2v) is 5.55. The minimum absolute atomic E-state index is 0.00559.